The third-order valence-electron chi connectivity index (χ3n) is 8.83. The van der Waals surface area contributed by atoms with E-state index >= 15 is 0 Å². The van der Waals surface area contributed by atoms with Gasteiger partial charge in [0.05, 0.1) is 80.0 Å². The number of nitrogens with one attached hydrogen (secondary N) is 3. The number of rotatable bonds is 12. The standard InChI is InChI=1S/C16H15NO4.C15H18N4O3.C5H7N3O.C5H9N3.C5H6N2O2.Al.Li.4H/c1-2-20-15(18)12-8-10-13(11-9-12)17-16(19)21-14-6-4-3-5-7-14;1-3-22-14(20)11-4-6-12(7-5-11)18-15(21)17-9-13-8-16-10-19(13)2;1-8-3-7-2-4(8)5(6)9;1-8-4-7-3-5(8)2-6;1-7-3-6-2-4(7)5(8)9;;;;;;/h3-11H,2H2,1H3,(H,17,19);4-8,10H,3,9H2,1-2H3,(H2,17,18,21);2-3H,1H3,(H2,6,9);3-4H,2,6H2,1H3;2-3H,1H3,(H,8,9);;;;;;/q;;;;;;+1;;;;-1. The van der Waals surface area contributed by atoms with Gasteiger partial charge in [0.2, 0.25) is 0 Å². The number of aromatic carboxylic acids is 1. The predicted molar refractivity (Wildman–Crippen MR) is 264 cm³/mol. The van der Waals surface area contributed by atoms with Crippen LogP contribution in [0.3, 0.4) is 0 Å². The molecular formula is C46H59AlLiN13O10. The predicted octanol–water partition coefficient (Wildman–Crippen LogP) is 0.841. The summed E-state index contributed by atoms with van der Waals surface area (Å²) in [6.45, 7) is 5.09. The molecule has 0 unspecified atom stereocenters. The Hall–Kier alpha value is -7.99. The molecule has 8 N–H and O–H groups in total. The summed E-state index contributed by atoms with van der Waals surface area (Å²) in [5, 5.41) is 16.4. The topological polar surface area (TPSA) is 310 Å². The van der Waals surface area contributed by atoms with Gasteiger partial charge in [-0.1, -0.05) is 18.2 Å². The summed E-state index contributed by atoms with van der Waals surface area (Å²) in [7, 11) is 7.13. The van der Waals surface area contributed by atoms with Crippen molar-refractivity contribution >= 4 is 64.7 Å². The number of hydrogen-bond donors (Lipinski definition) is 6. The van der Waals surface area contributed by atoms with Crippen molar-refractivity contribution in [1.82, 2.24) is 43.5 Å². The van der Waals surface area contributed by atoms with Gasteiger partial charge in [0.25, 0.3) is 5.91 Å². The van der Waals surface area contributed by atoms with Crippen molar-refractivity contribution in [3.63, 3.8) is 0 Å². The first-order chi connectivity index (χ1) is 33.1. The second-order valence-electron chi connectivity index (χ2n) is 13.9. The average Bonchev–Trinajstić information content (AvgIpc) is 4.16. The van der Waals surface area contributed by atoms with Gasteiger partial charge in [0, 0.05) is 58.5 Å². The molecule has 4 amide bonds. The van der Waals surface area contributed by atoms with Crippen LogP contribution in [0.25, 0.3) is 0 Å². The summed E-state index contributed by atoms with van der Waals surface area (Å²) in [4.78, 5) is 82.3. The maximum atomic E-state index is 11.8. The van der Waals surface area contributed by atoms with Crippen LogP contribution in [-0.2, 0) is 50.8 Å². The number of carboxylic acid groups (broad SMARTS) is 1. The number of urea groups is 1. The zero-order valence-corrected chi connectivity index (χ0v) is 39.8. The van der Waals surface area contributed by atoms with E-state index in [2.05, 4.69) is 35.9 Å². The number of hydrogen-bond acceptors (Lipinski definition) is 14. The van der Waals surface area contributed by atoms with Crippen LogP contribution >= 0.6 is 0 Å². The molecule has 7 aromatic rings. The number of aromatic nitrogens is 8. The maximum absolute atomic E-state index is 11.8. The van der Waals surface area contributed by atoms with Gasteiger partial charge in [-0.25, -0.2) is 43.9 Å². The summed E-state index contributed by atoms with van der Waals surface area (Å²) in [5.41, 5.74) is 14.9. The zero-order chi connectivity index (χ0) is 50.7. The minimum atomic E-state index is -0.949. The van der Waals surface area contributed by atoms with E-state index in [-0.39, 0.29) is 55.3 Å². The molecule has 0 aliphatic heterocycles. The third-order valence-corrected chi connectivity index (χ3v) is 8.83. The van der Waals surface area contributed by atoms with Crippen LogP contribution in [0.2, 0.25) is 0 Å². The number of aryl methyl sites for hydroxylation is 4. The molecule has 0 bridgehead atoms. The number of imidazole rings is 4. The van der Waals surface area contributed by atoms with Gasteiger partial charge < -0.3 is 61.1 Å². The molecular weight excluding hydrogens is 929 g/mol. The van der Waals surface area contributed by atoms with E-state index in [1.165, 1.54) is 29.6 Å². The Kier molecular flexibility index (Phi) is 28.1. The normalized spacial score (nSPS) is 9.51. The number of benzene rings is 3. The Labute approximate surface area is 433 Å². The number of anilines is 2. The number of primary amides is 1. The number of esters is 2. The molecule has 7 rings (SSSR count). The third kappa shape index (κ3) is 21.9. The Morgan fingerprint density at radius 1 is 0.620 bits per heavy atom. The van der Waals surface area contributed by atoms with E-state index in [1.807, 2.05) is 29.3 Å². The number of nitrogens with two attached hydrogens (primary N) is 2. The number of nitrogens with zero attached hydrogens (tertiary/aromatic N) is 8. The molecule has 0 saturated heterocycles. The van der Waals surface area contributed by atoms with Gasteiger partial charge in [-0.05, 0) is 74.5 Å². The van der Waals surface area contributed by atoms with Crippen molar-refractivity contribution < 1.29 is 68.4 Å². The van der Waals surface area contributed by atoms with Crippen LogP contribution in [-0.4, -0.2) is 110 Å². The van der Waals surface area contributed by atoms with Crippen LogP contribution in [0, 0.1) is 0 Å². The Bertz CT molecular complexity index is 2670. The fourth-order valence-corrected chi connectivity index (χ4v) is 5.19. The molecule has 4 aromatic heterocycles. The Morgan fingerprint density at radius 3 is 1.41 bits per heavy atom. The molecule has 23 nitrogen and oxygen atoms in total. The van der Waals surface area contributed by atoms with Crippen molar-refractivity contribution in [2.24, 2.45) is 39.7 Å². The molecule has 0 saturated carbocycles. The number of carboxylic acids is 1. The summed E-state index contributed by atoms with van der Waals surface area (Å²) >= 11 is 0. The van der Waals surface area contributed by atoms with Crippen LogP contribution in [0.5, 0.6) is 5.75 Å². The first-order valence-corrected chi connectivity index (χ1v) is 20.8. The number of ether oxygens (including phenoxy) is 3. The fraction of sp³-hybridized carbons (Fsp3) is 0.217. The number of amides is 4. The van der Waals surface area contributed by atoms with Crippen molar-refractivity contribution in [2.45, 2.75) is 26.9 Å². The number of para-hydroxylation sites is 1. The van der Waals surface area contributed by atoms with E-state index in [0.29, 0.717) is 60.2 Å². The van der Waals surface area contributed by atoms with Crippen LogP contribution < -0.4 is 51.0 Å². The summed E-state index contributed by atoms with van der Waals surface area (Å²) in [6, 6.07) is 21.3. The average molecular weight is 988 g/mol. The van der Waals surface area contributed by atoms with Crippen molar-refractivity contribution in [1.29, 1.82) is 0 Å². The first-order valence-electron chi connectivity index (χ1n) is 20.8. The van der Waals surface area contributed by atoms with Gasteiger partial charge in [-0.2, -0.15) is 0 Å². The Balaban J connectivity index is 0.000000924. The minimum absolute atomic E-state index is 0. The molecule has 4 heterocycles. The second-order valence-corrected chi connectivity index (χ2v) is 13.9. The largest absolute Gasteiger partial charge is 1.00 e. The number of carbonyl (C=O) groups is 6. The quantitative estimate of drug-likeness (QED) is 0.0730. The van der Waals surface area contributed by atoms with E-state index in [0.717, 1.165) is 11.4 Å². The second kappa shape index (κ2) is 32.7. The van der Waals surface area contributed by atoms with E-state index < -0.39 is 23.9 Å². The van der Waals surface area contributed by atoms with Crippen LogP contribution in [0.4, 0.5) is 21.0 Å². The number of carbonyl (C=O) groups excluding carboxylic acids is 5. The SMILES string of the molecule is CCOC(=O)c1ccc(NC(=O)NCc2cncn2C)cc1.CCOC(=O)c1ccc(NC(=O)Oc2ccccc2)cc1.Cn1cncc1C(=O)O.Cn1cncc1C(N)=O.Cn1cncc1CN.[AlH3].[H-].[Li+]. The van der Waals surface area contributed by atoms with Gasteiger partial charge in [-0.15, -0.1) is 0 Å². The molecule has 0 aliphatic carbocycles. The van der Waals surface area contributed by atoms with E-state index in [4.69, 9.17) is 30.8 Å². The van der Waals surface area contributed by atoms with Gasteiger partial charge >= 0.3 is 48.9 Å². The summed E-state index contributed by atoms with van der Waals surface area (Å²) in [6.07, 6.45) is 12.0. The molecule has 71 heavy (non-hydrogen) atoms. The van der Waals surface area contributed by atoms with Crippen LogP contribution in [0.1, 0.15) is 68.4 Å². The molecule has 0 aliphatic rings. The maximum Gasteiger partial charge on any atom is 1.00 e. The molecule has 0 atom stereocenters. The summed E-state index contributed by atoms with van der Waals surface area (Å²) in [5.74, 6) is -1.71. The molecule has 3 aromatic carbocycles. The van der Waals surface area contributed by atoms with Crippen molar-refractivity contribution in [3.05, 3.63) is 163 Å². The molecule has 0 fully saturated rings. The first kappa shape index (κ1) is 61.0. The molecule has 0 spiro atoms. The molecule has 0 radical (unpaired) electrons. The van der Waals surface area contributed by atoms with Gasteiger partial charge in [0.1, 0.15) is 17.1 Å². The Morgan fingerprint density at radius 2 is 1.06 bits per heavy atom. The monoisotopic (exact) mass is 987 g/mol. The van der Waals surface area contributed by atoms with E-state index in [1.54, 1.807) is 130 Å². The van der Waals surface area contributed by atoms with E-state index in [9.17, 15) is 28.8 Å². The molecule has 25 heteroatoms. The zero-order valence-electron chi connectivity index (χ0n) is 40.8. The van der Waals surface area contributed by atoms with Crippen molar-refractivity contribution in [3.8, 4) is 5.75 Å². The van der Waals surface area contributed by atoms with Crippen molar-refractivity contribution in [2.75, 3.05) is 23.8 Å². The van der Waals surface area contributed by atoms with Gasteiger partial charge in [0.15, 0.2) is 17.4 Å². The van der Waals surface area contributed by atoms with Gasteiger partial charge in [-0.3, -0.25) is 10.1 Å². The molecule has 372 valence electrons. The smallest absolute Gasteiger partial charge is 1.00 e. The summed E-state index contributed by atoms with van der Waals surface area (Å²) < 4.78 is 21.6. The minimum Gasteiger partial charge on any atom is -1.00 e. The fourth-order valence-electron chi connectivity index (χ4n) is 5.19. The van der Waals surface area contributed by atoms with Crippen LogP contribution in [0.15, 0.2) is 129 Å².